The molecule has 0 amide bonds. The summed E-state index contributed by atoms with van der Waals surface area (Å²) in [4.78, 5) is 0. The Hall–Kier alpha value is -1.28. The van der Waals surface area contributed by atoms with E-state index in [1.807, 2.05) is 25.2 Å². The van der Waals surface area contributed by atoms with Gasteiger partial charge in [-0.05, 0) is 25.1 Å². The quantitative estimate of drug-likeness (QED) is 0.721. The molecule has 0 aliphatic heterocycles. The minimum atomic E-state index is 0.608. The molecule has 0 radical (unpaired) electrons. The summed E-state index contributed by atoms with van der Waals surface area (Å²) in [7, 11) is 1.93. The molecule has 0 atom stereocenters. The number of para-hydroxylation sites is 1. The first kappa shape index (κ1) is 11.8. The maximum absolute atomic E-state index is 5.70. The van der Waals surface area contributed by atoms with Crippen LogP contribution < -0.4 is 10.1 Å². The van der Waals surface area contributed by atoms with Gasteiger partial charge in [-0.1, -0.05) is 31.7 Å². The van der Waals surface area contributed by atoms with Crippen LogP contribution in [0.5, 0.6) is 5.75 Å². The fraction of sp³-hybridized carbons (Fsp3) is 0.385. The van der Waals surface area contributed by atoms with Crippen molar-refractivity contribution in [3.63, 3.8) is 0 Å². The van der Waals surface area contributed by atoms with E-state index < -0.39 is 0 Å². The molecule has 0 aromatic heterocycles. The van der Waals surface area contributed by atoms with E-state index in [1.165, 1.54) is 5.56 Å². The van der Waals surface area contributed by atoms with Gasteiger partial charge >= 0.3 is 0 Å². The Labute approximate surface area is 92.0 Å². The number of rotatable bonds is 6. The number of benzene rings is 1. The molecule has 0 spiro atoms. The number of hydrogen-bond donors (Lipinski definition) is 1. The summed E-state index contributed by atoms with van der Waals surface area (Å²) in [6, 6.07) is 8.08. The molecule has 1 rings (SSSR count). The van der Waals surface area contributed by atoms with Crippen LogP contribution in [0.25, 0.3) is 0 Å². The van der Waals surface area contributed by atoms with E-state index in [9.17, 15) is 0 Å². The van der Waals surface area contributed by atoms with Gasteiger partial charge in [-0.3, -0.25) is 0 Å². The zero-order chi connectivity index (χ0) is 11.1. The summed E-state index contributed by atoms with van der Waals surface area (Å²) in [5, 5.41) is 3.12. The second-order valence-corrected chi connectivity index (χ2v) is 3.53. The van der Waals surface area contributed by atoms with Gasteiger partial charge in [0.2, 0.25) is 0 Å². The second-order valence-electron chi connectivity index (χ2n) is 3.53. The van der Waals surface area contributed by atoms with Crippen molar-refractivity contribution in [2.75, 3.05) is 13.7 Å². The Morgan fingerprint density at radius 1 is 1.40 bits per heavy atom. The number of hydrogen-bond acceptors (Lipinski definition) is 2. The zero-order valence-electron chi connectivity index (χ0n) is 9.55. The van der Waals surface area contributed by atoms with Gasteiger partial charge in [0.05, 0.1) is 0 Å². The van der Waals surface area contributed by atoms with Crippen LogP contribution in [-0.2, 0) is 6.54 Å². The van der Waals surface area contributed by atoms with Crippen molar-refractivity contribution in [3.8, 4) is 5.75 Å². The maximum atomic E-state index is 5.70. The first-order valence-corrected chi connectivity index (χ1v) is 5.30. The normalized spacial score (nSPS) is 10.0. The fourth-order valence-electron chi connectivity index (χ4n) is 1.26. The molecular weight excluding hydrogens is 186 g/mol. The van der Waals surface area contributed by atoms with Crippen molar-refractivity contribution in [1.82, 2.24) is 5.32 Å². The lowest BCUT2D eigenvalue weighted by molar-refractivity contribution is 0.344. The highest BCUT2D eigenvalue weighted by Crippen LogP contribution is 2.18. The molecule has 0 fully saturated rings. The summed E-state index contributed by atoms with van der Waals surface area (Å²) in [5.74, 6) is 0.946. The van der Waals surface area contributed by atoms with E-state index in [0.29, 0.717) is 6.61 Å². The molecule has 0 aliphatic rings. The Bertz CT molecular complexity index is 320. The maximum Gasteiger partial charge on any atom is 0.124 e. The summed E-state index contributed by atoms with van der Waals surface area (Å²) in [6.07, 6.45) is 0.966. The SMILES string of the molecule is C=C(CC)COc1ccccc1CNC. The van der Waals surface area contributed by atoms with E-state index in [-0.39, 0.29) is 0 Å². The Morgan fingerprint density at radius 3 is 2.80 bits per heavy atom. The molecule has 0 unspecified atom stereocenters. The van der Waals surface area contributed by atoms with Crippen LogP contribution in [0.1, 0.15) is 18.9 Å². The van der Waals surface area contributed by atoms with E-state index in [1.54, 1.807) is 0 Å². The average Bonchev–Trinajstić information content (AvgIpc) is 2.28. The number of ether oxygens (including phenoxy) is 1. The summed E-state index contributed by atoms with van der Waals surface area (Å²) >= 11 is 0. The van der Waals surface area contributed by atoms with Crippen molar-refractivity contribution in [1.29, 1.82) is 0 Å². The van der Waals surface area contributed by atoms with Crippen LogP contribution in [0, 0.1) is 0 Å². The van der Waals surface area contributed by atoms with E-state index in [2.05, 4.69) is 24.9 Å². The van der Waals surface area contributed by atoms with Gasteiger partial charge < -0.3 is 10.1 Å². The molecular formula is C13H19NO. The first-order valence-electron chi connectivity index (χ1n) is 5.30. The summed E-state index contributed by atoms with van der Waals surface area (Å²) in [5.41, 5.74) is 2.30. The molecule has 1 aromatic carbocycles. The first-order chi connectivity index (χ1) is 7.27. The second kappa shape index (κ2) is 6.25. The van der Waals surface area contributed by atoms with Crippen molar-refractivity contribution < 1.29 is 4.74 Å². The molecule has 82 valence electrons. The van der Waals surface area contributed by atoms with Gasteiger partial charge in [0.1, 0.15) is 12.4 Å². The minimum absolute atomic E-state index is 0.608. The Kier molecular flexibility index (Phi) is 4.91. The van der Waals surface area contributed by atoms with Crippen molar-refractivity contribution in [3.05, 3.63) is 42.0 Å². The standard InChI is InChI=1S/C13H19NO/c1-4-11(2)10-15-13-8-6-5-7-12(13)9-14-3/h5-8,14H,2,4,9-10H2,1,3H3. The highest BCUT2D eigenvalue weighted by molar-refractivity contribution is 5.33. The highest BCUT2D eigenvalue weighted by Gasteiger charge is 2.01. The topological polar surface area (TPSA) is 21.3 Å². The zero-order valence-corrected chi connectivity index (χ0v) is 9.55. The van der Waals surface area contributed by atoms with Crippen LogP contribution in [-0.4, -0.2) is 13.7 Å². The van der Waals surface area contributed by atoms with Gasteiger partial charge in [-0.2, -0.15) is 0 Å². The van der Waals surface area contributed by atoms with Crippen LogP contribution in [0.4, 0.5) is 0 Å². The lowest BCUT2D eigenvalue weighted by Gasteiger charge is -2.11. The van der Waals surface area contributed by atoms with Crippen molar-refractivity contribution in [2.24, 2.45) is 0 Å². The number of nitrogens with one attached hydrogen (secondary N) is 1. The Morgan fingerprint density at radius 2 is 2.13 bits per heavy atom. The van der Waals surface area contributed by atoms with E-state index >= 15 is 0 Å². The molecule has 0 aliphatic carbocycles. The Balaban J connectivity index is 2.62. The average molecular weight is 205 g/mol. The predicted molar refractivity (Wildman–Crippen MR) is 64.1 cm³/mol. The summed E-state index contributed by atoms with van der Waals surface area (Å²) < 4.78 is 5.70. The molecule has 0 bridgehead atoms. The van der Waals surface area contributed by atoms with Crippen molar-refractivity contribution >= 4 is 0 Å². The van der Waals surface area contributed by atoms with Crippen LogP contribution >= 0.6 is 0 Å². The third-order valence-electron chi connectivity index (χ3n) is 2.27. The molecule has 15 heavy (non-hydrogen) atoms. The van der Waals surface area contributed by atoms with Crippen LogP contribution in [0.15, 0.2) is 36.4 Å². The lowest BCUT2D eigenvalue weighted by Crippen LogP contribution is -2.08. The molecule has 0 saturated carbocycles. The lowest BCUT2D eigenvalue weighted by atomic mass is 10.2. The van der Waals surface area contributed by atoms with Gasteiger partial charge in [-0.15, -0.1) is 0 Å². The molecule has 1 N–H and O–H groups in total. The third kappa shape index (κ3) is 3.76. The minimum Gasteiger partial charge on any atom is -0.489 e. The van der Waals surface area contributed by atoms with Gasteiger partial charge in [0.15, 0.2) is 0 Å². The molecule has 2 nitrogen and oxygen atoms in total. The molecule has 1 aromatic rings. The summed E-state index contributed by atoms with van der Waals surface area (Å²) in [6.45, 7) is 7.45. The van der Waals surface area contributed by atoms with Crippen LogP contribution in [0.3, 0.4) is 0 Å². The smallest absolute Gasteiger partial charge is 0.124 e. The fourth-order valence-corrected chi connectivity index (χ4v) is 1.26. The van der Waals surface area contributed by atoms with E-state index in [0.717, 1.165) is 24.3 Å². The third-order valence-corrected chi connectivity index (χ3v) is 2.27. The largest absolute Gasteiger partial charge is 0.489 e. The predicted octanol–water partition coefficient (Wildman–Crippen LogP) is 2.75. The molecule has 0 saturated heterocycles. The van der Waals surface area contributed by atoms with Gasteiger partial charge in [0, 0.05) is 12.1 Å². The van der Waals surface area contributed by atoms with Crippen LogP contribution in [0.2, 0.25) is 0 Å². The van der Waals surface area contributed by atoms with Gasteiger partial charge in [0.25, 0.3) is 0 Å². The highest BCUT2D eigenvalue weighted by atomic mass is 16.5. The monoisotopic (exact) mass is 205 g/mol. The van der Waals surface area contributed by atoms with Crippen molar-refractivity contribution in [2.45, 2.75) is 19.9 Å². The van der Waals surface area contributed by atoms with Gasteiger partial charge in [-0.25, -0.2) is 0 Å². The van der Waals surface area contributed by atoms with E-state index in [4.69, 9.17) is 4.74 Å². The molecule has 0 heterocycles. The molecule has 2 heteroatoms.